The Morgan fingerprint density at radius 2 is 1.87 bits per heavy atom. The van der Waals surface area contributed by atoms with Crippen molar-refractivity contribution in [2.45, 2.75) is 12.1 Å². The zero-order chi connectivity index (χ0) is 16.0. The molecule has 6 heteroatoms. The summed E-state index contributed by atoms with van der Waals surface area (Å²) in [6.07, 6.45) is 0. The number of β-lactam (4-membered cyclic amide) rings is 1. The standard InChI is InChI=1S/C17H15ClN2O3/c18-11-3-1-2-10(8-11)16-15(19)17(21)20(16)12-4-5-13-14(9-12)23-7-6-22-13/h1-5,8-9,15-16H,6-7,19H2/t15-,16-/m0/s1. The van der Waals surface area contributed by atoms with Gasteiger partial charge in [0.1, 0.15) is 19.3 Å². The molecular weight excluding hydrogens is 316 g/mol. The smallest absolute Gasteiger partial charge is 0.247 e. The van der Waals surface area contributed by atoms with E-state index in [9.17, 15) is 4.79 Å². The van der Waals surface area contributed by atoms with Crippen molar-refractivity contribution < 1.29 is 14.3 Å². The van der Waals surface area contributed by atoms with Crippen LogP contribution in [0.2, 0.25) is 5.02 Å². The van der Waals surface area contributed by atoms with Crippen LogP contribution in [0.25, 0.3) is 0 Å². The van der Waals surface area contributed by atoms with Crippen LogP contribution in [-0.4, -0.2) is 25.2 Å². The van der Waals surface area contributed by atoms with Crippen molar-refractivity contribution in [1.29, 1.82) is 0 Å². The molecule has 118 valence electrons. The molecule has 0 unspecified atom stereocenters. The minimum atomic E-state index is -0.568. The number of nitrogens with two attached hydrogens (primary N) is 1. The van der Waals surface area contributed by atoms with Gasteiger partial charge in [-0.25, -0.2) is 0 Å². The molecule has 1 amide bonds. The van der Waals surface area contributed by atoms with E-state index in [2.05, 4.69) is 0 Å². The molecule has 2 aromatic rings. The molecule has 0 aromatic heterocycles. The van der Waals surface area contributed by atoms with Crippen molar-refractivity contribution >= 4 is 23.2 Å². The summed E-state index contributed by atoms with van der Waals surface area (Å²) >= 11 is 6.06. The highest BCUT2D eigenvalue weighted by molar-refractivity contribution is 6.30. The number of amides is 1. The van der Waals surface area contributed by atoms with Gasteiger partial charge in [0.25, 0.3) is 0 Å². The van der Waals surface area contributed by atoms with Gasteiger partial charge in [-0.1, -0.05) is 23.7 Å². The maximum Gasteiger partial charge on any atom is 0.247 e. The second-order valence-electron chi connectivity index (χ2n) is 5.56. The second kappa shape index (κ2) is 5.44. The summed E-state index contributed by atoms with van der Waals surface area (Å²) in [5.74, 6) is 1.22. The van der Waals surface area contributed by atoms with Crippen LogP contribution in [0, 0.1) is 0 Å². The molecule has 2 aliphatic heterocycles. The van der Waals surface area contributed by atoms with Crippen molar-refractivity contribution in [3.8, 4) is 11.5 Å². The molecule has 1 saturated heterocycles. The molecule has 0 bridgehead atoms. The number of ether oxygens (including phenoxy) is 2. The van der Waals surface area contributed by atoms with E-state index in [1.54, 1.807) is 11.0 Å². The zero-order valence-corrected chi connectivity index (χ0v) is 13.0. The number of fused-ring (bicyclic) bond motifs is 1. The van der Waals surface area contributed by atoms with Crippen molar-refractivity contribution in [2.75, 3.05) is 18.1 Å². The summed E-state index contributed by atoms with van der Waals surface area (Å²) in [6.45, 7) is 1.03. The third kappa shape index (κ3) is 2.33. The van der Waals surface area contributed by atoms with Gasteiger partial charge in [0.15, 0.2) is 11.5 Å². The third-order valence-corrected chi connectivity index (χ3v) is 4.37. The number of carbonyl (C=O) groups is 1. The lowest BCUT2D eigenvalue weighted by Gasteiger charge is -2.45. The Morgan fingerprint density at radius 1 is 1.09 bits per heavy atom. The van der Waals surface area contributed by atoms with Crippen molar-refractivity contribution in [1.82, 2.24) is 0 Å². The summed E-state index contributed by atoms with van der Waals surface area (Å²) < 4.78 is 11.1. The lowest BCUT2D eigenvalue weighted by atomic mass is 9.88. The van der Waals surface area contributed by atoms with Gasteiger partial charge in [-0.15, -0.1) is 0 Å². The summed E-state index contributed by atoms with van der Waals surface area (Å²) in [7, 11) is 0. The molecule has 0 spiro atoms. The molecule has 0 radical (unpaired) electrons. The first-order valence-electron chi connectivity index (χ1n) is 7.39. The van der Waals surface area contributed by atoms with Crippen LogP contribution in [0.1, 0.15) is 11.6 Å². The molecule has 23 heavy (non-hydrogen) atoms. The summed E-state index contributed by atoms with van der Waals surface area (Å²) in [6, 6.07) is 12.1. The molecule has 2 N–H and O–H groups in total. The van der Waals surface area contributed by atoms with Gasteiger partial charge in [0.2, 0.25) is 5.91 Å². The quantitative estimate of drug-likeness (QED) is 0.859. The predicted octanol–water partition coefficient (Wildman–Crippen LogP) is 2.53. The molecule has 2 atom stereocenters. The number of hydrogen-bond donors (Lipinski definition) is 1. The fraction of sp³-hybridized carbons (Fsp3) is 0.235. The van der Waals surface area contributed by atoms with Crippen LogP contribution in [0.4, 0.5) is 5.69 Å². The monoisotopic (exact) mass is 330 g/mol. The molecule has 0 saturated carbocycles. The van der Waals surface area contributed by atoms with Crippen molar-refractivity contribution in [3.05, 3.63) is 53.1 Å². The topological polar surface area (TPSA) is 64.8 Å². The second-order valence-corrected chi connectivity index (χ2v) is 6.00. The summed E-state index contributed by atoms with van der Waals surface area (Å²) in [5.41, 5.74) is 7.68. The van der Waals surface area contributed by atoms with Gasteiger partial charge in [-0.2, -0.15) is 0 Å². The Morgan fingerprint density at radius 3 is 2.65 bits per heavy atom. The number of carbonyl (C=O) groups excluding carboxylic acids is 1. The molecular formula is C17H15ClN2O3. The largest absolute Gasteiger partial charge is 0.486 e. The van der Waals surface area contributed by atoms with Gasteiger partial charge >= 0.3 is 0 Å². The Hall–Kier alpha value is -2.24. The number of halogens is 1. The lowest BCUT2D eigenvalue weighted by Crippen LogP contribution is -2.63. The maximum atomic E-state index is 12.3. The van der Waals surface area contributed by atoms with Crippen LogP contribution in [0.15, 0.2) is 42.5 Å². The molecule has 0 aliphatic carbocycles. The van der Waals surface area contributed by atoms with Crippen LogP contribution >= 0.6 is 11.6 Å². The van der Waals surface area contributed by atoms with Gasteiger partial charge in [-0.05, 0) is 29.8 Å². The highest BCUT2D eigenvalue weighted by atomic mass is 35.5. The lowest BCUT2D eigenvalue weighted by molar-refractivity contribution is -0.126. The van der Waals surface area contributed by atoms with Gasteiger partial charge in [0, 0.05) is 16.8 Å². The van der Waals surface area contributed by atoms with E-state index >= 15 is 0 Å². The number of benzene rings is 2. The summed E-state index contributed by atoms with van der Waals surface area (Å²) in [5, 5.41) is 0.621. The van der Waals surface area contributed by atoms with E-state index in [0.717, 1.165) is 11.3 Å². The molecule has 2 aliphatic rings. The number of nitrogens with zero attached hydrogens (tertiary/aromatic N) is 1. The van der Waals surface area contributed by atoms with E-state index in [1.165, 1.54) is 0 Å². The number of hydrogen-bond acceptors (Lipinski definition) is 4. The van der Waals surface area contributed by atoms with E-state index in [4.69, 9.17) is 26.8 Å². The molecule has 1 fully saturated rings. The first-order valence-corrected chi connectivity index (χ1v) is 7.77. The first kappa shape index (κ1) is 14.4. The SMILES string of the molecule is N[C@@H]1C(=O)N(c2ccc3c(c2)OCCO3)[C@H]1c1cccc(Cl)c1. The Bertz CT molecular complexity index is 780. The highest BCUT2D eigenvalue weighted by Gasteiger charge is 2.46. The number of rotatable bonds is 2. The Balaban J connectivity index is 1.70. The fourth-order valence-electron chi connectivity index (χ4n) is 3.03. The highest BCUT2D eigenvalue weighted by Crippen LogP contribution is 2.42. The van der Waals surface area contributed by atoms with Crippen molar-refractivity contribution in [3.63, 3.8) is 0 Å². The maximum absolute atomic E-state index is 12.3. The van der Waals surface area contributed by atoms with Gasteiger partial charge in [-0.3, -0.25) is 4.79 Å². The van der Waals surface area contributed by atoms with Gasteiger partial charge < -0.3 is 20.1 Å². The fourth-order valence-corrected chi connectivity index (χ4v) is 3.23. The molecule has 4 rings (SSSR count). The van der Waals surface area contributed by atoms with E-state index < -0.39 is 6.04 Å². The minimum absolute atomic E-state index is 0.119. The minimum Gasteiger partial charge on any atom is -0.486 e. The van der Waals surface area contributed by atoms with Crippen LogP contribution in [-0.2, 0) is 4.79 Å². The first-order chi connectivity index (χ1) is 11.1. The molecule has 2 aromatic carbocycles. The third-order valence-electron chi connectivity index (χ3n) is 4.14. The van der Waals surface area contributed by atoms with E-state index in [0.29, 0.717) is 29.7 Å². The molecule has 5 nitrogen and oxygen atoms in total. The van der Waals surface area contributed by atoms with Crippen LogP contribution < -0.4 is 20.1 Å². The van der Waals surface area contributed by atoms with E-state index in [-0.39, 0.29) is 11.9 Å². The Labute approximate surface area is 138 Å². The molecule has 2 heterocycles. The normalized spacial score (nSPS) is 22.7. The predicted molar refractivity (Wildman–Crippen MR) is 87.1 cm³/mol. The van der Waals surface area contributed by atoms with Gasteiger partial charge in [0.05, 0.1) is 6.04 Å². The average molecular weight is 331 g/mol. The average Bonchev–Trinajstić information content (AvgIpc) is 2.58. The van der Waals surface area contributed by atoms with Crippen molar-refractivity contribution in [2.24, 2.45) is 5.73 Å². The summed E-state index contributed by atoms with van der Waals surface area (Å²) in [4.78, 5) is 14.0. The Kier molecular flexibility index (Phi) is 3.39. The number of anilines is 1. The zero-order valence-electron chi connectivity index (χ0n) is 12.2. The van der Waals surface area contributed by atoms with Crippen LogP contribution in [0.5, 0.6) is 11.5 Å². The van der Waals surface area contributed by atoms with E-state index in [1.807, 2.05) is 36.4 Å². The van der Waals surface area contributed by atoms with Crippen LogP contribution in [0.3, 0.4) is 0 Å².